The van der Waals surface area contributed by atoms with Crippen molar-refractivity contribution in [1.82, 2.24) is 4.72 Å². The molecule has 74 valence electrons. The minimum Gasteiger partial charge on any atom is -0.212 e. The van der Waals surface area contributed by atoms with Crippen LogP contribution in [0.1, 0.15) is 26.7 Å². The Morgan fingerprint density at radius 1 is 1.54 bits per heavy atom. The fourth-order valence-electron chi connectivity index (χ4n) is 1.05. The summed E-state index contributed by atoms with van der Waals surface area (Å²) in [6.45, 7) is 3.11. The highest BCUT2D eigenvalue weighted by Gasteiger charge is 2.31. The average molecular weight is 202 g/mol. The van der Waals surface area contributed by atoms with Crippen molar-refractivity contribution in [1.29, 1.82) is 5.26 Å². The van der Waals surface area contributed by atoms with E-state index in [4.69, 9.17) is 5.26 Å². The number of nitriles is 1. The lowest BCUT2D eigenvalue weighted by atomic mass is 10.1. The average Bonchev–Trinajstić information content (AvgIpc) is 2.68. The van der Waals surface area contributed by atoms with E-state index in [0.29, 0.717) is 5.92 Å². The zero-order chi connectivity index (χ0) is 10.1. The lowest BCUT2D eigenvalue weighted by Gasteiger charge is -2.17. The van der Waals surface area contributed by atoms with Crippen LogP contribution >= 0.6 is 0 Å². The fraction of sp³-hybridized carbons (Fsp3) is 0.875. The molecule has 0 aromatic rings. The van der Waals surface area contributed by atoms with Crippen LogP contribution in [-0.4, -0.2) is 19.7 Å². The highest BCUT2D eigenvalue weighted by Crippen LogP contribution is 2.30. The van der Waals surface area contributed by atoms with Crippen LogP contribution in [0.2, 0.25) is 0 Å². The lowest BCUT2D eigenvalue weighted by Crippen LogP contribution is -2.43. The van der Waals surface area contributed by atoms with Gasteiger partial charge in [-0.15, -0.1) is 0 Å². The van der Waals surface area contributed by atoms with Crippen LogP contribution in [0, 0.1) is 17.2 Å². The molecule has 13 heavy (non-hydrogen) atoms. The predicted molar refractivity (Wildman–Crippen MR) is 49.3 cm³/mol. The first-order chi connectivity index (χ1) is 5.85. The molecule has 0 bridgehead atoms. The van der Waals surface area contributed by atoms with Gasteiger partial charge in [-0.3, -0.25) is 0 Å². The largest absolute Gasteiger partial charge is 0.213 e. The fourth-order valence-corrected chi connectivity index (χ4v) is 2.91. The van der Waals surface area contributed by atoms with Crippen molar-refractivity contribution in [2.45, 2.75) is 32.2 Å². The summed E-state index contributed by atoms with van der Waals surface area (Å²) >= 11 is 0. The van der Waals surface area contributed by atoms with Gasteiger partial charge in [-0.1, -0.05) is 0 Å². The summed E-state index contributed by atoms with van der Waals surface area (Å²) in [6.07, 6.45) is 1.99. The van der Waals surface area contributed by atoms with Crippen molar-refractivity contribution in [3.8, 4) is 6.07 Å². The molecule has 1 saturated carbocycles. The standard InChI is InChI=1S/C8H14N2O2S/c1-8(2,6-9)10-13(11,12)5-7-3-4-7/h7,10H,3-5H2,1-2H3. The van der Waals surface area contributed by atoms with Crippen LogP contribution < -0.4 is 4.72 Å². The van der Waals surface area contributed by atoms with Crippen LogP contribution in [0.15, 0.2) is 0 Å². The number of hydrogen-bond acceptors (Lipinski definition) is 3. The number of rotatable bonds is 4. The summed E-state index contributed by atoms with van der Waals surface area (Å²) < 4.78 is 25.2. The molecule has 1 N–H and O–H groups in total. The van der Waals surface area contributed by atoms with Crippen LogP contribution in [0.5, 0.6) is 0 Å². The number of hydrogen-bond donors (Lipinski definition) is 1. The Hall–Kier alpha value is -0.600. The minimum absolute atomic E-state index is 0.165. The van der Waals surface area contributed by atoms with Gasteiger partial charge in [0.2, 0.25) is 10.0 Å². The zero-order valence-electron chi connectivity index (χ0n) is 7.87. The molecule has 0 spiro atoms. The molecule has 0 unspecified atom stereocenters. The third-order valence-electron chi connectivity index (χ3n) is 1.84. The van der Waals surface area contributed by atoms with E-state index in [-0.39, 0.29) is 5.75 Å². The topological polar surface area (TPSA) is 70.0 Å². The maximum atomic E-state index is 11.4. The van der Waals surface area contributed by atoms with Crippen molar-refractivity contribution < 1.29 is 8.42 Å². The number of sulfonamides is 1. The normalized spacial score (nSPS) is 18.2. The van der Waals surface area contributed by atoms with E-state index >= 15 is 0 Å². The Morgan fingerprint density at radius 3 is 2.46 bits per heavy atom. The van der Waals surface area contributed by atoms with Crippen LogP contribution in [0.3, 0.4) is 0 Å². The number of nitrogens with zero attached hydrogens (tertiary/aromatic N) is 1. The van der Waals surface area contributed by atoms with E-state index in [1.165, 1.54) is 0 Å². The Balaban J connectivity index is 2.56. The molecule has 5 heteroatoms. The van der Waals surface area contributed by atoms with Crippen molar-refractivity contribution in [3.63, 3.8) is 0 Å². The first kappa shape index (κ1) is 10.5. The molecule has 1 aliphatic carbocycles. The second-order valence-corrected chi connectivity index (χ2v) is 5.83. The molecular formula is C8H14N2O2S. The Morgan fingerprint density at radius 2 is 2.08 bits per heavy atom. The smallest absolute Gasteiger partial charge is 0.212 e. The molecule has 0 radical (unpaired) electrons. The molecule has 0 heterocycles. The summed E-state index contributed by atoms with van der Waals surface area (Å²) in [5.41, 5.74) is -0.992. The Labute approximate surface area is 79.0 Å². The molecular weight excluding hydrogens is 188 g/mol. The van der Waals surface area contributed by atoms with Gasteiger partial charge in [-0.25, -0.2) is 8.42 Å². The van der Waals surface area contributed by atoms with Gasteiger partial charge in [0, 0.05) is 0 Å². The molecule has 1 rings (SSSR count). The van der Waals surface area contributed by atoms with Crippen LogP contribution in [-0.2, 0) is 10.0 Å². The first-order valence-corrected chi connectivity index (χ1v) is 5.93. The molecule has 0 atom stereocenters. The van der Waals surface area contributed by atoms with Crippen LogP contribution in [0.25, 0.3) is 0 Å². The van der Waals surface area contributed by atoms with E-state index in [1.54, 1.807) is 13.8 Å². The molecule has 0 saturated heterocycles. The van der Waals surface area contributed by atoms with Gasteiger partial charge in [0.05, 0.1) is 11.8 Å². The van der Waals surface area contributed by atoms with E-state index < -0.39 is 15.6 Å². The summed E-state index contributed by atoms with van der Waals surface area (Å²) in [5, 5.41) is 8.63. The minimum atomic E-state index is -3.26. The van der Waals surface area contributed by atoms with Crippen molar-refractivity contribution in [2.75, 3.05) is 5.75 Å². The van der Waals surface area contributed by atoms with Gasteiger partial charge in [0.25, 0.3) is 0 Å². The van der Waals surface area contributed by atoms with Crippen molar-refractivity contribution in [3.05, 3.63) is 0 Å². The molecule has 0 aromatic heterocycles. The van der Waals surface area contributed by atoms with E-state index in [9.17, 15) is 8.42 Å². The summed E-state index contributed by atoms with van der Waals surface area (Å²) in [6, 6.07) is 1.90. The van der Waals surface area contributed by atoms with Gasteiger partial charge < -0.3 is 0 Å². The molecule has 0 aromatic carbocycles. The molecule has 1 aliphatic rings. The second kappa shape index (κ2) is 3.28. The van der Waals surface area contributed by atoms with Crippen LogP contribution in [0.4, 0.5) is 0 Å². The summed E-state index contributed by atoms with van der Waals surface area (Å²) in [4.78, 5) is 0. The quantitative estimate of drug-likeness (QED) is 0.726. The van der Waals surface area contributed by atoms with Gasteiger partial charge in [-0.05, 0) is 32.6 Å². The molecule has 0 aliphatic heterocycles. The SMILES string of the molecule is CC(C)(C#N)NS(=O)(=O)CC1CC1. The first-order valence-electron chi connectivity index (χ1n) is 4.27. The summed E-state index contributed by atoms with van der Waals surface area (Å²) in [5.74, 6) is 0.477. The zero-order valence-corrected chi connectivity index (χ0v) is 8.69. The molecule has 0 amide bonds. The molecule has 4 nitrogen and oxygen atoms in total. The van der Waals surface area contributed by atoms with E-state index in [0.717, 1.165) is 12.8 Å². The maximum Gasteiger partial charge on any atom is 0.213 e. The highest BCUT2D eigenvalue weighted by atomic mass is 32.2. The highest BCUT2D eigenvalue weighted by molar-refractivity contribution is 7.89. The summed E-state index contributed by atoms with van der Waals surface area (Å²) in [7, 11) is -3.26. The van der Waals surface area contributed by atoms with Gasteiger partial charge >= 0.3 is 0 Å². The Bertz CT molecular complexity index is 323. The third-order valence-corrected chi connectivity index (χ3v) is 3.57. The Kier molecular flexibility index (Phi) is 2.64. The maximum absolute atomic E-state index is 11.4. The van der Waals surface area contributed by atoms with Crippen molar-refractivity contribution >= 4 is 10.0 Å². The lowest BCUT2D eigenvalue weighted by molar-refractivity contribution is 0.533. The van der Waals surface area contributed by atoms with E-state index in [2.05, 4.69) is 4.72 Å². The number of nitrogens with one attached hydrogen (secondary N) is 1. The second-order valence-electron chi connectivity index (χ2n) is 4.06. The predicted octanol–water partition coefficient (Wildman–Crippen LogP) is 0.618. The van der Waals surface area contributed by atoms with Gasteiger partial charge in [0.1, 0.15) is 5.54 Å². The van der Waals surface area contributed by atoms with Crippen molar-refractivity contribution in [2.24, 2.45) is 5.92 Å². The van der Waals surface area contributed by atoms with Gasteiger partial charge in [0.15, 0.2) is 0 Å². The van der Waals surface area contributed by atoms with Gasteiger partial charge in [-0.2, -0.15) is 9.98 Å². The molecule has 1 fully saturated rings. The monoisotopic (exact) mass is 202 g/mol. The van der Waals surface area contributed by atoms with E-state index in [1.807, 2.05) is 6.07 Å². The third kappa shape index (κ3) is 3.75.